The number of likely N-dealkylation sites (tertiary alicyclic amines) is 1. The highest BCUT2D eigenvalue weighted by Crippen LogP contribution is 2.22. The van der Waals surface area contributed by atoms with Gasteiger partial charge in [0.1, 0.15) is 5.75 Å². The molecule has 1 aliphatic rings. The number of rotatable bonds is 5. The number of hydrogen-bond acceptors (Lipinski definition) is 3. The van der Waals surface area contributed by atoms with E-state index in [1.807, 2.05) is 36.9 Å². The smallest absolute Gasteiger partial charge is 0.225 e. The fourth-order valence-electron chi connectivity index (χ4n) is 2.79. The first-order valence-corrected chi connectivity index (χ1v) is 7.69. The predicted molar refractivity (Wildman–Crippen MR) is 82.4 cm³/mol. The topological polar surface area (TPSA) is 49.8 Å². The number of carbonyl (C=O) groups is 1. The fraction of sp³-hybridized carbons (Fsp3) is 0.588. The normalized spacial score (nSPS) is 16.0. The monoisotopic (exact) mass is 291 g/mol. The van der Waals surface area contributed by atoms with E-state index in [2.05, 4.69) is 0 Å². The third kappa shape index (κ3) is 4.21. The third-order valence-corrected chi connectivity index (χ3v) is 4.20. The molecule has 1 aromatic carbocycles. The average molecular weight is 291 g/mol. The van der Waals surface area contributed by atoms with Crippen molar-refractivity contribution in [3.63, 3.8) is 0 Å². The Kier molecular flexibility index (Phi) is 5.62. The number of nitrogens with zero attached hydrogens (tertiary/aromatic N) is 1. The third-order valence-electron chi connectivity index (χ3n) is 4.20. The Bertz CT molecular complexity index is 459. The largest absolute Gasteiger partial charge is 0.493 e. The highest BCUT2D eigenvalue weighted by Gasteiger charge is 2.22. The number of aliphatic hydroxyl groups excluding tert-OH is 1. The van der Waals surface area contributed by atoms with Gasteiger partial charge in [0.15, 0.2) is 0 Å². The van der Waals surface area contributed by atoms with E-state index in [4.69, 9.17) is 9.84 Å². The molecular formula is C17H25NO3. The van der Waals surface area contributed by atoms with Crippen molar-refractivity contribution in [2.24, 2.45) is 5.92 Å². The van der Waals surface area contributed by atoms with Crippen LogP contribution in [0.15, 0.2) is 18.2 Å². The zero-order chi connectivity index (χ0) is 15.2. The second-order valence-corrected chi connectivity index (χ2v) is 5.83. The first-order chi connectivity index (χ1) is 10.1. The summed E-state index contributed by atoms with van der Waals surface area (Å²) in [6, 6.07) is 6.04. The SMILES string of the molecule is Cc1cccc(C)c1OCCC(=O)N1CCC(CO)CC1. The molecule has 21 heavy (non-hydrogen) atoms. The van der Waals surface area contributed by atoms with Gasteiger partial charge in [0, 0.05) is 19.7 Å². The van der Waals surface area contributed by atoms with Crippen molar-refractivity contribution in [1.82, 2.24) is 4.90 Å². The number of aliphatic hydroxyl groups is 1. The minimum atomic E-state index is 0.151. The summed E-state index contributed by atoms with van der Waals surface area (Å²) in [6.07, 6.45) is 2.22. The van der Waals surface area contributed by atoms with Crippen LogP contribution < -0.4 is 4.74 Å². The lowest BCUT2D eigenvalue weighted by Gasteiger charge is -2.31. The number of benzene rings is 1. The van der Waals surface area contributed by atoms with Crippen molar-refractivity contribution in [1.29, 1.82) is 0 Å². The van der Waals surface area contributed by atoms with Crippen molar-refractivity contribution in [2.45, 2.75) is 33.1 Å². The van der Waals surface area contributed by atoms with Gasteiger partial charge in [-0.05, 0) is 43.7 Å². The zero-order valence-corrected chi connectivity index (χ0v) is 13.0. The van der Waals surface area contributed by atoms with E-state index >= 15 is 0 Å². The van der Waals surface area contributed by atoms with Crippen LogP contribution in [-0.4, -0.2) is 42.2 Å². The summed E-state index contributed by atoms with van der Waals surface area (Å²) in [5, 5.41) is 9.11. The maximum absolute atomic E-state index is 12.1. The first-order valence-electron chi connectivity index (χ1n) is 7.69. The van der Waals surface area contributed by atoms with Crippen LogP contribution in [0.4, 0.5) is 0 Å². The van der Waals surface area contributed by atoms with Crippen LogP contribution in [0.2, 0.25) is 0 Å². The minimum absolute atomic E-state index is 0.151. The van der Waals surface area contributed by atoms with Gasteiger partial charge in [0.2, 0.25) is 5.91 Å². The molecule has 0 saturated carbocycles. The zero-order valence-electron chi connectivity index (χ0n) is 13.0. The Morgan fingerprint density at radius 1 is 1.29 bits per heavy atom. The molecule has 0 aromatic heterocycles. The maximum atomic E-state index is 12.1. The standard InChI is InChI=1S/C17H25NO3/c1-13-4-3-5-14(2)17(13)21-11-8-16(20)18-9-6-15(12-19)7-10-18/h3-5,15,19H,6-12H2,1-2H3. The lowest BCUT2D eigenvalue weighted by molar-refractivity contribution is -0.133. The van der Waals surface area contributed by atoms with Crippen LogP contribution in [0.25, 0.3) is 0 Å². The Labute approximate surface area is 126 Å². The molecule has 4 nitrogen and oxygen atoms in total. The number of para-hydroxylation sites is 1. The van der Waals surface area contributed by atoms with E-state index in [-0.39, 0.29) is 12.5 Å². The molecule has 0 unspecified atom stereocenters. The molecule has 1 saturated heterocycles. The number of hydrogen-bond donors (Lipinski definition) is 1. The quantitative estimate of drug-likeness (QED) is 0.905. The second-order valence-electron chi connectivity index (χ2n) is 5.83. The van der Waals surface area contributed by atoms with Crippen LogP contribution in [0.1, 0.15) is 30.4 Å². The molecule has 4 heteroatoms. The molecule has 116 valence electrons. The lowest BCUT2D eigenvalue weighted by atomic mass is 9.98. The van der Waals surface area contributed by atoms with Gasteiger partial charge in [-0.2, -0.15) is 0 Å². The van der Waals surface area contributed by atoms with Crippen LogP contribution in [0, 0.1) is 19.8 Å². The molecule has 0 spiro atoms. The number of ether oxygens (including phenoxy) is 1. The van der Waals surface area contributed by atoms with E-state index in [1.165, 1.54) is 0 Å². The average Bonchev–Trinajstić information content (AvgIpc) is 2.50. The van der Waals surface area contributed by atoms with Crippen LogP contribution in [0.5, 0.6) is 5.75 Å². The van der Waals surface area contributed by atoms with Crippen molar-refractivity contribution >= 4 is 5.91 Å². The van der Waals surface area contributed by atoms with Gasteiger partial charge >= 0.3 is 0 Å². The highest BCUT2D eigenvalue weighted by molar-refractivity contribution is 5.76. The number of amides is 1. The summed E-state index contributed by atoms with van der Waals surface area (Å²) in [5.74, 6) is 1.40. The highest BCUT2D eigenvalue weighted by atomic mass is 16.5. The molecule has 1 N–H and O–H groups in total. The summed E-state index contributed by atoms with van der Waals surface area (Å²) in [7, 11) is 0. The summed E-state index contributed by atoms with van der Waals surface area (Å²) >= 11 is 0. The van der Waals surface area contributed by atoms with Crippen molar-refractivity contribution in [3.05, 3.63) is 29.3 Å². The van der Waals surface area contributed by atoms with E-state index in [0.717, 1.165) is 42.8 Å². The molecule has 2 rings (SSSR count). The summed E-state index contributed by atoms with van der Waals surface area (Å²) in [5.41, 5.74) is 2.21. The molecule has 0 aliphatic carbocycles. The Morgan fingerprint density at radius 2 is 1.90 bits per heavy atom. The second kappa shape index (κ2) is 7.46. The van der Waals surface area contributed by atoms with Crippen molar-refractivity contribution in [3.8, 4) is 5.75 Å². The van der Waals surface area contributed by atoms with Gasteiger partial charge in [0.25, 0.3) is 0 Å². The van der Waals surface area contributed by atoms with E-state index in [1.54, 1.807) is 0 Å². The van der Waals surface area contributed by atoms with Gasteiger partial charge in [-0.1, -0.05) is 18.2 Å². The number of piperidine rings is 1. The molecule has 1 fully saturated rings. The van der Waals surface area contributed by atoms with Gasteiger partial charge < -0.3 is 14.7 Å². The van der Waals surface area contributed by atoms with Gasteiger partial charge in [-0.25, -0.2) is 0 Å². The molecule has 0 radical (unpaired) electrons. The van der Waals surface area contributed by atoms with E-state index < -0.39 is 0 Å². The summed E-state index contributed by atoms with van der Waals surface area (Å²) < 4.78 is 5.78. The molecule has 1 aliphatic heterocycles. The first kappa shape index (κ1) is 15.8. The Hall–Kier alpha value is -1.55. The van der Waals surface area contributed by atoms with Crippen LogP contribution >= 0.6 is 0 Å². The van der Waals surface area contributed by atoms with E-state index in [0.29, 0.717) is 18.9 Å². The van der Waals surface area contributed by atoms with Crippen molar-refractivity contribution < 1.29 is 14.6 Å². The maximum Gasteiger partial charge on any atom is 0.225 e. The number of carbonyl (C=O) groups excluding carboxylic acids is 1. The Balaban J connectivity index is 1.77. The molecule has 0 bridgehead atoms. The fourth-order valence-corrected chi connectivity index (χ4v) is 2.79. The molecule has 1 heterocycles. The molecule has 1 aromatic rings. The molecule has 1 amide bonds. The van der Waals surface area contributed by atoms with Crippen LogP contribution in [-0.2, 0) is 4.79 Å². The summed E-state index contributed by atoms with van der Waals surface area (Å²) in [4.78, 5) is 14.0. The number of aryl methyl sites for hydroxylation is 2. The molecule has 0 atom stereocenters. The Morgan fingerprint density at radius 3 is 2.48 bits per heavy atom. The van der Waals surface area contributed by atoms with E-state index in [9.17, 15) is 4.79 Å². The van der Waals surface area contributed by atoms with Crippen LogP contribution in [0.3, 0.4) is 0 Å². The van der Waals surface area contributed by atoms with Crippen molar-refractivity contribution in [2.75, 3.05) is 26.3 Å². The molecular weight excluding hydrogens is 266 g/mol. The van der Waals surface area contributed by atoms with Gasteiger partial charge in [-0.3, -0.25) is 4.79 Å². The lowest BCUT2D eigenvalue weighted by Crippen LogP contribution is -2.39. The van der Waals surface area contributed by atoms with Gasteiger partial charge in [-0.15, -0.1) is 0 Å². The minimum Gasteiger partial charge on any atom is -0.493 e. The summed E-state index contributed by atoms with van der Waals surface area (Å²) in [6.45, 7) is 6.21. The van der Waals surface area contributed by atoms with Gasteiger partial charge in [0.05, 0.1) is 13.0 Å². The predicted octanol–water partition coefficient (Wildman–Crippen LogP) is 2.30.